The van der Waals surface area contributed by atoms with E-state index in [9.17, 15) is 0 Å². The van der Waals surface area contributed by atoms with Gasteiger partial charge in [0.2, 0.25) is 0 Å². The first-order valence-corrected chi connectivity index (χ1v) is 7.56. The van der Waals surface area contributed by atoms with Crippen molar-refractivity contribution >= 4 is 11.6 Å². The third kappa shape index (κ3) is 3.41. The number of halogens is 1. The second kappa shape index (κ2) is 7.00. The molecule has 1 unspecified atom stereocenters. The van der Waals surface area contributed by atoms with Gasteiger partial charge >= 0.3 is 0 Å². The number of hydrogen-bond acceptors (Lipinski definition) is 4. The molecular formula is C15H22ClN3O2. The fraction of sp³-hybridized carbons (Fsp3) is 0.533. The number of nitrogens with one attached hydrogen (secondary N) is 1. The van der Waals surface area contributed by atoms with E-state index >= 15 is 0 Å². The van der Waals surface area contributed by atoms with Gasteiger partial charge in [-0.05, 0) is 50.5 Å². The van der Waals surface area contributed by atoms with Gasteiger partial charge in [-0.1, -0.05) is 6.92 Å². The molecule has 0 aliphatic carbocycles. The van der Waals surface area contributed by atoms with Crippen LogP contribution >= 0.6 is 11.6 Å². The zero-order chi connectivity index (χ0) is 15.4. The van der Waals surface area contributed by atoms with E-state index in [1.54, 1.807) is 19.4 Å². The lowest BCUT2D eigenvalue weighted by molar-refractivity contribution is 0.375. The summed E-state index contributed by atoms with van der Waals surface area (Å²) in [5, 5.41) is 8.28. The van der Waals surface area contributed by atoms with Crippen LogP contribution in [0.5, 0.6) is 5.75 Å². The molecule has 0 bridgehead atoms. The van der Waals surface area contributed by atoms with Crippen molar-refractivity contribution in [2.24, 2.45) is 0 Å². The first kappa shape index (κ1) is 15.9. The summed E-state index contributed by atoms with van der Waals surface area (Å²) in [5.41, 5.74) is 0.951. The van der Waals surface area contributed by atoms with Crippen molar-refractivity contribution in [1.29, 1.82) is 0 Å². The third-order valence-electron chi connectivity index (χ3n) is 3.26. The molecule has 0 saturated carbocycles. The standard InChI is InChI=1S/C15H22ClN3O2/c1-5-8-17-14(11-6-7-13(16)21-11)15-12(20-4)9-18-19(15)10(2)3/h6-7,9-10,14,17H,5,8H2,1-4H3. The molecule has 2 aromatic heterocycles. The Morgan fingerprint density at radius 1 is 1.43 bits per heavy atom. The SMILES string of the molecule is CCCNC(c1ccc(Cl)o1)c1c(OC)cnn1C(C)C. The van der Waals surface area contributed by atoms with Crippen LogP contribution in [0.1, 0.15) is 50.7 Å². The lowest BCUT2D eigenvalue weighted by Gasteiger charge is -2.21. The molecule has 0 fully saturated rings. The van der Waals surface area contributed by atoms with Gasteiger partial charge in [0, 0.05) is 6.04 Å². The lowest BCUT2D eigenvalue weighted by Crippen LogP contribution is -2.26. The minimum atomic E-state index is -0.141. The van der Waals surface area contributed by atoms with Crippen LogP contribution in [0.4, 0.5) is 0 Å². The summed E-state index contributed by atoms with van der Waals surface area (Å²) < 4.78 is 13.0. The van der Waals surface area contributed by atoms with Gasteiger partial charge in [-0.3, -0.25) is 4.68 Å². The Bertz CT molecular complexity index is 577. The molecule has 21 heavy (non-hydrogen) atoms. The third-order valence-corrected chi connectivity index (χ3v) is 3.46. The zero-order valence-corrected chi connectivity index (χ0v) is 13.6. The average molecular weight is 312 g/mol. The van der Waals surface area contributed by atoms with Crippen molar-refractivity contribution in [1.82, 2.24) is 15.1 Å². The van der Waals surface area contributed by atoms with E-state index in [-0.39, 0.29) is 12.1 Å². The zero-order valence-electron chi connectivity index (χ0n) is 12.9. The van der Waals surface area contributed by atoms with Gasteiger partial charge in [0.05, 0.1) is 13.3 Å². The van der Waals surface area contributed by atoms with Gasteiger partial charge in [-0.25, -0.2) is 0 Å². The molecule has 0 amide bonds. The molecule has 116 valence electrons. The summed E-state index contributed by atoms with van der Waals surface area (Å²) in [6.45, 7) is 7.15. The largest absolute Gasteiger partial charge is 0.493 e. The molecule has 6 heteroatoms. The van der Waals surface area contributed by atoms with Crippen LogP contribution in [0.3, 0.4) is 0 Å². The molecule has 0 aromatic carbocycles. The maximum Gasteiger partial charge on any atom is 0.193 e. The molecule has 0 spiro atoms. The van der Waals surface area contributed by atoms with Crippen LogP contribution in [0, 0.1) is 0 Å². The van der Waals surface area contributed by atoms with E-state index in [1.165, 1.54) is 0 Å². The van der Waals surface area contributed by atoms with Gasteiger partial charge in [0.1, 0.15) is 17.5 Å². The lowest BCUT2D eigenvalue weighted by atomic mass is 10.1. The van der Waals surface area contributed by atoms with Gasteiger partial charge in [0.25, 0.3) is 0 Å². The summed E-state index contributed by atoms with van der Waals surface area (Å²) >= 11 is 5.93. The van der Waals surface area contributed by atoms with E-state index in [1.807, 2.05) is 10.7 Å². The Balaban J connectivity index is 2.47. The Kier molecular flexibility index (Phi) is 5.31. The fourth-order valence-electron chi connectivity index (χ4n) is 2.30. The fourth-order valence-corrected chi connectivity index (χ4v) is 2.46. The van der Waals surface area contributed by atoms with Crippen molar-refractivity contribution in [3.8, 4) is 5.75 Å². The highest BCUT2D eigenvalue weighted by molar-refractivity contribution is 6.28. The van der Waals surface area contributed by atoms with Gasteiger partial charge in [-0.2, -0.15) is 5.10 Å². The van der Waals surface area contributed by atoms with Crippen LogP contribution in [-0.4, -0.2) is 23.4 Å². The van der Waals surface area contributed by atoms with Crippen molar-refractivity contribution in [3.05, 3.63) is 35.0 Å². The summed E-state index contributed by atoms with van der Waals surface area (Å²) in [6, 6.07) is 3.71. The van der Waals surface area contributed by atoms with Crippen LogP contribution in [0.2, 0.25) is 5.22 Å². The molecule has 2 aromatic rings. The van der Waals surface area contributed by atoms with Crippen molar-refractivity contribution in [2.45, 2.75) is 39.3 Å². The van der Waals surface area contributed by atoms with E-state index in [2.05, 4.69) is 31.2 Å². The number of ether oxygens (including phenoxy) is 1. The molecular weight excluding hydrogens is 290 g/mol. The second-order valence-electron chi connectivity index (χ2n) is 5.17. The van der Waals surface area contributed by atoms with E-state index in [0.29, 0.717) is 5.22 Å². The number of hydrogen-bond donors (Lipinski definition) is 1. The molecule has 1 N–H and O–H groups in total. The first-order chi connectivity index (χ1) is 10.1. The van der Waals surface area contributed by atoms with E-state index in [0.717, 1.165) is 30.2 Å². The smallest absolute Gasteiger partial charge is 0.193 e. The number of methoxy groups -OCH3 is 1. The van der Waals surface area contributed by atoms with E-state index < -0.39 is 0 Å². The van der Waals surface area contributed by atoms with E-state index in [4.69, 9.17) is 20.8 Å². The van der Waals surface area contributed by atoms with Crippen LogP contribution in [0.15, 0.2) is 22.7 Å². The highest BCUT2D eigenvalue weighted by atomic mass is 35.5. The second-order valence-corrected chi connectivity index (χ2v) is 5.54. The first-order valence-electron chi connectivity index (χ1n) is 7.18. The van der Waals surface area contributed by atoms with Gasteiger partial charge in [-0.15, -0.1) is 0 Å². The Morgan fingerprint density at radius 2 is 2.19 bits per heavy atom. The molecule has 0 aliphatic rings. The Morgan fingerprint density at radius 3 is 2.71 bits per heavy atom. The van der Waals surface area contributed by atoms with Crippen LogP contribution in [0.25, 0.3) is 0 Å². The molecule has 1 atom stereocenters. The quantitative estimate of drug-likeness (QED) is 0.845. The number of nitrogens with zero attached hydrogens (tertiary/aromatic N) is 2. The van der Waals surface area contributed by atoms with Gasteiger partial charge in [0.15, 0.2) is 11.0 Å². The van der Waals surface area contributed by atoms with Crippen molar-refractivity contribution < 1.29 is 9.15 Å². The molecule has 2 rings (SSSR count). The summed E-state index contributed by atoms with van der Waals surface area (Å²) in [4.78, 5) is 0. The predicted octanol–water partition coefficient (Wildman–Crippen LogP) is 3.81. The highest BCUT2D eigenvalue weighted by Gasteiger charge is 2.26. The molecule has 5 nitrogen and oxygen atoms in total. The van der Waals surface area contributed by atoms with Crippen molar-refractivity contribution in [2.75, 3.05) is 13.7 Å². The summed E-state index contributed by atoms with van der Waals surface area (Å²) in [5.74, 6) is 1.50. The molecule has 0 saturated heterocycles. The maximum atomic E-state index is 5.93. The number of aromatic nitrogens is 2. The predicted molar refractivity (Wildman–Crippen MR) is 83.0 cm³/mol. The average Bonchev–Trinajstić information content (AvgIpc) is 3.06. The van der Waals surface area contributed by atoms with Gasteiger partial charge < -0.3 is 14.5 Å². The van der Waals surface area contributed by atoms with Crippen LogP contribution in [-0.2, 0) is 0 Å². The summed E-state index contributed by atoms with van der Waals surface area (Å²) in [7, 11) is 1.65. The minimum absolute atomic E-state index is 0.141. The summed E-state index contributed by atoms with van der Waals surface area (Å²) in [6.07, 6.45) is 2.75. The normalized spacial score (nSPS) is 12.9. The number of furan rings is 1. The topological polar surface area (TPSA) is 52.2 Å². The maximum absolute atomic E-state index is 5.93. The molecule has 2 heterocycles. The monoisotopic (exact) mass is 311 g/mol. The number of rotatable bonds is 7. The Hall–Kier alpha value is -1.46. The van der Waals surface area contributed by atoms with Crippen LogP contribution < -0.4 is 10.1 Å². The Labute approximate surface area is 130 Å². The molecule has 0 aliphatic heterocycles. The highest BCUT2D eigenvalue weighted by Crippen LogP contribution is 2.33. The molecule has 0 radical (unpaired) electrons. The minimum Gasteiger partial charge on any atom is -0.493 e. The van der Waals surface area contributed by atoms with Crippen molar-refractivity contribution in [3.63, 3.8) is 0 Å².